The number of amides is 1. The molecule has 114 valence electrons. The Balaban J connectivity index is 2.15. The number of carboxylic acid groups (broad SMARTS) is 1. The van der Waals surface area contributed by atoms with Crippen LogP contribution in [0.3, 0.4) is 0 Å². The summed E-state index contributed by atoms with van der Waals surface area (Å²) in [5.41, 5.74) is 3.35. The molecule has 1 aromatic carbocycles. The SMILES string of the molecule is NC(C(=O)NC1(C(=O)O)CC1)c1cccc(C(F)(F)F)c1. The van der Waals surface area contributed by atoms with E-state index in [0.717, 1.165) is 18.2 Å². The molecule has 1 aliphatic rings. The first-order valence-corrected chi connectivity index (χ1v) is 6.14. The fourth-order valence-electron chi connectivity index (χ4n) is 1.89. The predicted molar refractivity (Wildman–Crippen MR) is 66.1 cm³/mol. The normalized spacial score (nSPS) is 17.9. The van der Waals surface area contributed by atoms with Gasteiger partial charge in [-0.2, -0.15) is 13.2 Å². The van der Waals surface area contributed by atoms with Crippen LogP contribution in [-0.4, -0.2) is 22.5 Å². The lowest BCUT2D eigenvalue weighted by molar-refractivity contribution is -0.143. The van der Waals surface area contributed by atoms with Crippen LogP contribution in [0.1, 0.15) is 30.0 Å². The van der Waals surface area contributed by atoms with E-state index in [1.165, 1.54) is 6.07 Å². The molecule has 0 heterocycles. The quantitative estimate of drug-likeness (QED) is 0.784. The molecule has 1 atom stereocenters. The van der Waals surface area contributed by atoms with E-state index in [0.29, 0.717) is 0 Å². The average Bonchev–Trinajstić information content (AvgIpc) is 3.18. The van der Waals surface area contributed by atoms with E-state index in [1.807, 2.05) is 0 Å². The molecule has 1 aliphatic carbocycles. The van der Waals surface area contributed by atoms with Crippen LogP contribution in [0.5, 0.6) is 0 Å². The van der Waals surface area contributed by atoms with Crippen LogP contribution in [0.25, 0.3) is 0 Å². The molecule has 1 saturated carbocycles. The Bertz CT molecular complexity index is 582. The van der Waals surface area contributed by atoms with Crippen LogP contribution < -0.4 is 11.1 Å². The van der Waals surface area contributed by atoms with Gasteiger partial charge in [0.15, 0.2) is 0 Å². The van der Waals surface area contributed by atoms with Gasteiger partial charge in [-0.1, -0.05) is 12.1 Å². The minimum atomic E-state index is -4.54. The maximum atomic E-state index is 12.6. The third-order valence-corrected chi connectivity index (χ3v) is 3.38. The van der Waals surface area contributed by atoms with E-state index < -0.39 is 35.2 Å². The standard InChI is InChI=1S/C13H13F3N2O3/c14-13(15,16)8-3-1-2-7(6-8)9(17)10(19)18-12(4-5-12)11(20)21/h1-3,6,9H,4-5,17H2,(H,18,19)(H,20,21). The van der Waals surface area contributed by atoms with Gasteiger partial charge in [0.25, 0.3) is 0 Å². The summed E-state index contributed by atoms with van der Waals surface area (Å²) in [7, 11) is 0. The molecule has 0 aromatic heterocycles. The van der Waals surface area contributed by atoms with Crippen LogP contribution in [0, 0.1) is 0 Å². The topological polar surface area (TPSA) is 92.4 Å². The summed E-state index contributed by atoms with van der Waals surface area (Å²) >= 11 is 0. The lowest BCUT2D eigenvalue weighted by Crippen LogP contribution is -2.46. The van der Waals surface area contributed by atoms with Crippen molar-refractivity contribution in [3.05, 3.63) is 35.4 Å². The van der Waals surface area contributed by atoms with E-state index in [9.17, 15) is 22.8 Å². The average molecular weight is 302 g/mol. The highest BCUT2D eigenvalue weighted by molar-refractivity contribution is 5.92. The number of carbonyl (C=O) groups excluding carboxylic acids is 1. The van der Waals surface area contributed by atoms with E-state index >= 15 is 0 Å². The second-order valence-electron chi connectivity index (χ2n) is 4.98. The number of hydrogen-bond donors (Lipinski definition) is 3. The minimum Gasteiger partial charge on any atom is -0.480 e. The highest BCUT2D eigenvalue weighted by Gasteiger charge is 2.52. The van der Waals surface area contributed by atoms with Crippen LogP contribution in [0.4, 0.5) is 13.2 Å². The monoisotopic (exact) mass is 302 g/mol. The summed E-state index contributed by atoms with van der Waals surface area (Å²) in [6.07, 6.45) is -3.97. The molecule has 8 heteroatoms. The highest BCUT2D eigenvalue weighted by Crippen LogP contribution is 2.36. The number of hydrogen-bond acceptors (Lipinski definition) is 3. The zero-order chi connectivity index (χ0) is 15.8. The summed E-state index contributed by atoms with van der Waals surface area (Å²) in [6.45, 7) is 0. The lowest BCUT2D eigenvalue weighted by atomic mass is 10.0. The number of aliphatic carboxylic acids is 1. The van der Waals surface area contributed by atoms with Gasteiger partial charge in [-0.25, -0.2) is 4.79 Å². The van der Waals surface area contributed by atoms with Crippen LogP contribution >= 0.6 is 0 Å². The van der Waals surface area contributed by atoms with Gasteiger partial charge in [0.2, 0.25) is 5.91 Å². The van der Waals surface area contributed by atoms with Crippen LogP contribution in [0.2, 0.25) is 0 Å². The van der Waals surface area contributed by atoms with Crippen molar-refractivity contribution in [1.29, 1.82) is 0 Å². The number of benzene rings is 1. The van der Waals surface area contributed by atoms with Gasteiger partial charge in [0.05, 0.1) is 5.56 Å². The Morgan fingerprint density at radius 3 is 2.43 bits per heavy atom. The number of halogens is 3. The number of alkyl halides is 3. The first kappa shape index (κ1) is 15.3. The molecule has 0 aliphatic heterocycles. The van der Waals surface area contributed by atoms with Crippen molar-refractivity contribution in [1.82, 2.24) is 5.32 Å². The Morgan fingerprint density at radius 1 is 1.33 bits per heavy atom. The summed E-state index contributed by atoms with van der Waals surface area (Å²) in [5, 5.41) is 11.2. The smallest absolute Gasteiger partial charge is 0.416 e. The Kier molecular flexibility index (Phi) is 3.66. The maximum Gasteiger partial charge on any atom is 0.416 e. The zero-order valence-electron chi connectivity index (χ0n) is 10.8. The van der Waals surface area contributed by atoms with Gasteiger partial charge in [-0.3, -0.25) is 4.79 Å². The molecule has 0 saturated heterocycles. The van der Waals surface area contributed by atoms with Crippen molar-refractivity contribution in [3.8, 4) is 0 Å². The van der Waals surface area contributed by atoms with E-state index in [-0.39, 0.29) is 18.4 Å². The summed E-state index contributed by atoms with van der Waals surface area (Å²) in [5.74, 6) is -1.98. The Hall–Kier alpha value is -2.09. The zero-order valence-corrected chi connectivity index (χ0v) is 10.8. The third-order valence-electron chi connectivity index (χ3n) is 3.38. The maximum absolute atomic E-state index is 12.6. The summed E-state index contributed by atoms with van der Waals surface area (Å²) in [4.78, 5) is 22.8. The molecule has 1 amide bonds. The summed E-state index contributed by atoms with van der Waals surface area (Å²) < 4.78 is 37.8. The van der Waals surface area contributed by atoms with Crippen molar-refractivity contribution >= 4 is 11.9 Å². The molecular weight excluding hydrogens is 289 g/mol. The Labute approximate surface area is 117 Å². The fraction of sp³-hybridized carbons (Fsp3) is 0.385. The van der Waals surface area contributed by atoms with Gasteiger partial charge in [0.1, 0.15) is 11.6 Å². The van der Waals surface area contributed by atoms with Crippen molar-refractivity contribution in [3.63, 3.8) is 0 Å². The van der Waals surface area contributed by atoms with Crippen LogP contribution in [0.15, 0.2) is 24.3 Å². The van der Waals surface area contributed by atoms with Gasteiger partial charge < -0.3 is 16.2 Å². The second kappa shape index (κ2) is 5.03. The molecule has 1 unspecified atom stereocenters. The van der Waals surface area contributed by atoms with E-state index in [1.54, 1.807) is 0 Å². The Morgan fingerprint density at radius 2 is 1.95 bits per heavy atom. The molecule has 21 heavy (non-hydrogen) atoms. The lowest BCUT2D eigenvalue weighted by Gasteiger charge is -2.18. The fourth-order valence-corrected chi connectivity index (χ4v) is 1.89. The van der Waals surface area contributed by atoms with Gasteiger partial charge in [-0.15, -0.1) is 0 Å². The largest absolute Gasteiger partial charge is 0.480 e. The van der Waals surface area contributed by atoms with Crippen molar-refractivity contribution in [2.75, 3.05) is 0 Å². The molecular formula is C13H13F3N2O3. The first-order chi connectivity index (χ1) is 9.66. The van der Waals surface area contributed by atoms with Gasteiger partial charge in [0, 0.05) is 0 Å². The van der Waals surface area contributed by atoms with Gasteiger partial charge >= 0.3 is 12.1 Å². The van der Waals surface area contributed by atoms with Crippen molar-refractivity contribution in [2.45, 2.75) is 30.6 Å². The van der Waals surface area contributed by atoms with Gasteiger partial charge in [-0.05, 0) is 30.5 Å². The number of carbonyl (C=O) groups is 2. The predicted octanol–water partition coefficient (Wildman–Crippen LogP) is 1.44. The molecule has 0 radical (unpaired) electrons. The first-order valence-electron chi connectivity index (χ1n) is 6.14. The summed E-state index contributed by atoms with van der Waals surface area (Å²) in [6, 6.07) is 2.73. The number of rotatable bonds is 4. The van der Waals surface area contributed by atoms with Crippen LogP contribution in [-0.2, 0) is 15.8 Å². The molecule has 0 spiro atoms. The second-order valence-corrected chi connectivity index (χ2v) is 4.98. The number of carboxylic acids is 1. The van der Waals surface area contributed by atoms with Crippen molar-refractivity contribution < 1.29 is 27.9 Å². The minimum absolute atomic E-state index is 0.0245. The van der Waals surface area contributed by atoms with Crippen molar-refractivity contribution in [2.24, 2.45) is 5.73 Å². The molecule has 5 nitrogen and oxygen atoms in total. The molecule has 2 rings (SSSR count). The molecule has 4 N–H and O–H groups in total. The molecule has 1 fully saturated rings. The number of nitrogens with one attached hydrogen (secondary N) is 1. The number of nitrogens with two attached hydrogens (primary N) is 1. The highest BCUT2D eigenvalue weighted by atomic mass is 19.4. The third kappa shape index (κ3) is 3.15. The molecule has 1 aromatic rings. The van der Waals surface area contributed by atoms with E-state index in [4.69, 9.17) is 10.8 Å². The molecule has 0 bridgehead atoms. The van der Waals surface area contributed by atoms with E-state index in [2.05, 4.69) is 5.32 Å².